The average molecular weight is 248 g/mol. The molecule has 0 spiro atoms. The highest BCUT2D eigenvalue weighted by atomic mass is 16.2. The van der Waals surface area contributed by atoms with Crippen molar-refractivity contribution in [3.63, 3.8) is 0 Å². The van der Waals surface area contributed by atoms with Crippen molar-refractivity contribution in [3.05, 3.63) is 33.4 Å². The van der Waals surface area contributed by atoms with Crippen LogP contribution in [0.25, 0.3) is 0 Å². The van der Waals surface area contributed by atoms with Crippen molar-refractivity contribution >= 4 is 11.8 Å². The summed E-state index contributed by atoms with van der Waals surface area (Å²) in [6.45, 7) is 7.44. The van der Waals surface area contributed by atoms with E-state index < -0.39 is 5.91 Å². The Morgan fingerprint density at radius 1 is 0.833 bits per heavy atom. The van der Waals surface area contributed by atoms with Crippen LogP contribution in [0.3, 0.4) is 0 Å². The number of benzene rings is 1. The molecule has 18 heavy (non-hydrogen) atoms. The Bertz CT molecular complexity index is 531. The second-order valence-electron chi connectivity index (χ2n) is 4.81. The van der Waals surface area contributed by atoms with E-state index in [-0.39, 0.29) is 5.91 Å². The van der Waals surface area contributed by atoms with E-state index in [2.05, 4.69) is 0 Å². The zero-order chi connectivity index (χ0) is 14.2. The monoisotopic (exact) mass is 248 g/mol. The van der Waals surface area contributed by atoms with Gasteiger partial charge in [-0.2, -0.15) is 0 Å². The van der Waals surface area contributed by atoms with E-state index in [4.69, 9.17) is 5.73 Å². The minimum atomic E-state index is -0.485. The molecule has 2 amide bonds. The van der Waals surface area contributed by atoms with Gasteiger partial charge in [0.05, 0.1) is 0 Å². The predicted molar refractivity (Wildman–Crippen MR) is 71.9 cm³/mol. The fraction of sp³-hybridized carbons (Fsp3) is 0.429. The molecule has 0 aromatic heterocycles. The predicted octanol–water partition coefficient (Wildman–Crippen LogP) is 1.72. The lowest BCUT2D eigenvalue weighted by molar-refractivity contribution is 0.0826. The molecule has 4 nitrogen and oxygen atoms in total. The third-order valence-electron chi connectivity index (χ3n) is 3.49. The molecule has 0 atom stereocenters. The quantitative estimate of drug-likeness (QED) is 0.866. The molecule has 0 saturated heterocycles. The molecule has 0 fully saturated rings. The molecule has 1 aromatic rings. The van der Waals surface area contributed by atoms with Gasteiger partial charge in [-0.05, 0) is 49.9 Å². The number of hydrogen-bond acceptors (Lipinski definition) is 2. The van der Waals surface area contributed by atoms with Crippen molar-refractivity contribution in [2.45, 2.75) is 27.7 Å². The van der Waals surface area contributed by atoms with Gasteiger partial charge in [-0.25, -0.2) is 0 Å². The van der Waals surface area contributed by atoms with Gasteiger partial charge in [-0.3, -0.25) is 9.59 Å². The highest BCUT2D eigenvalue weighted by Gasteiger charge is 2.22. The highest BCUT2D eigenvalue weighted by Crippen LogP contribution is 2.27. The lowest BCUT2D eigenvalue weighted by Gasteiger charge is -2.20. The summed E-state index contributed by atoms with van der Waals surface area (Å²) >= 11 is 0. The minimum Gasteiger partial charge on any atom is -0.366 e. The van der Waals surface area contributed by atoms with Crippen LogP contribution in [0.15, 0.2) is 0 Å². The smallest absolute Gasteiger partial charge is 0.253 e. The van der Waals surface area contributed by atoms with Gasteiger partial charge in [0.1, 0.15) is 0 Å². The summed E-state index contributed by atoms with van der Waals surface area (Å²) in [6.07, 6.45) is 0. The number of amides is 2. The number of carbonyl (C=O) groups is 2. The molecule has 0 saturated carbocycles. The molecule has 0 heterocycles. The van der Waals surface area contributed by atoms with E-state index in [9.17, 15) is 9.59 Å². The summed E-state index contributed by atoms with van der Waals surface area (Å²) in [6, 6.07) is 0. The van der Waals surface area contributed by atoms with E-state index in [1.165, 1.54) is 4.90 Å². The number of hydrogen-bond donors (Lipinski definition) is 1. The number of nitrogens with two attached hydrogens (primary N) is 1. The van der Waals surface area contributed by atoms with E-state index in [1.54, 1.807) is 21.0 Å². The summed E-state index contributed by atoms with van der Waals surface area (Å²) in [5.41, 5.74) is 9.84. The molecule has 0 unspecified atom stereocenters. The van der Waals surface area contributed by atoms with Crippen LogP contribution >= 0.6 is 0 Å². The van der Waals surface area contributed by atoms with Crippen molar-refractivity contribution in [2.24, 2.45) is 5.73 Å². The second kappa shape index (κ2) is 4.80. The Balaban J connectivity index is 3.73. The minimum absolute atomic E-state index is 0.101. The molecule has 0 aliphatic rings. The Hall–Kier alpha value is -1.84. The molecule has 1 rings (SSSR count). The first-order chi connectivity index (χ1) is 8.20. The lowest BCUT2D eigenvalue weighted by Crippen LogP contribution is -2.26. The fourth-order valence-electron chi connectivity index (χ4n) is 2.26. The molecule has 0 aliphatic heterocycles. The zero-order valence-corrected chi connectivity index (χ0v) is 11.8. The maximum absolute atomic E-state index is 12.2. The molecular weight excluding hydrogens is 228 g/mol. The van der Waals surface area contributed by atoms with E-state index in [1.807, 2.05) is 20.8 Å². The molecule has 1 aromatic carbocycles. The van der Waals surface area contributed by atoms with Crippen LogP contribution in [0, 0.1) is 27.7 Å². The Kier molecular flexibility index (Phi) is 3.79. The third kappa shape index (κ3) is 2.10. The van der Waals surface area contributed by atoms with Crippen LogP contribution in [0.4, 0.5) is 0 Å². The van der Waals surface area contributed by atoms with Crippen molar-refractivity contribution in [2.75, 3.05) is 14.1 Å². The number of carbonyl (C=O) groups excluding carboxylic acids is 2. The van der Waals surface area contributed by atoms with Crippen molar-refractivity contribution < 1.29 is 9.59 Å². The van der Waals surface area contributed by atoms with Crippen molar-refractivity contribution in [1.29, 1.82) is 0 Å². The Morgan fingerprint density at radius 2 is 1.28 bits per heavy atom. The molecule has 0 radical (unpaired) electrons. The zero-order valence-electron chi connectivity index (χ0n) is 11.8. The SMILES string of the molecule is Cc1c(C)c(C(N)=O)c(C)c(C(=O)N(C)C)c1C. The third-order valence-corrected chi connectivity index (χ3v) is 3.49. The molecule has 0 bridgehead atoms. The maximum Gasteiger partial charge on any atom is 0.253 e. The summed E-state index contributed by atoms with van der Waals surface area (Å²) in [4.78, 5) is 25.3. The van der Waals surface area contributed by atoms with Gasteiger partial charge in [0, 0.05) is 25.2 Å². The second-order valence-corrected chi connectivity index (χ2v) is 4.81. The first-order valence-electron chi connectivity index (χ1n) is 5.81. The first-order valence-corrected chi connectivity index (χ1v) is 5.81. The standard InChI is InChI=1S/C14H20N2O2/c1-7-8(2)11(13(15)17)10(4)12(9(7)3)14(18)16(5)6/h1-6H3,(H2,15,17). The Labute approximate surface area is 108 Å². The molecule has 4 heteroatoms. The summed E-state index contributed by atoms with van der Waals surface area (Å²) < 4.78 is 0. The molecule has 0 aliphatic carbocycles. The fourth-order valence-corrected chi connectivity index (χ4v) is 2.26. The highest BCUT2D eigenvalue weighted by molar-refractivity contribution is 6.03. The van der Waals surface area contributed by atoms with Gasteiger partial charge >= 0.3 is 0 Å². The van der Waals surface area contributed by atoms with Gasteiger partial charge in [-0.15, -0.1) is 0 Å². The van der Waals surface area contributed by atoms with E-state index >= 15 is 0 Å². The summed E-state index contributed by atoms with van der Waals surface area (Å²) in [7, 11) is 3.39. The van der Waals surface area contributed by atoms with Crippen LogP contribution in [-0.2, 0) is 0 Å². The molecule has 2 N–H and O–H groups in total. The van der Waals surface area contributed by atoms with Gasteiger partial charge in [0.15, 0.2) is 0 Å². The first kappa shape index (κ1) is 14.2. The van der Waals surface area contributed by atoms with Crippen LogP contribution in [0.1, 0.15) is 43.0 Å². The van der Waals surface area contributed by atoms with Gasteiger partial charge in [0.2, 0.25) is 5.91 Å². The van der Waals surface area contributed by atoms with Crippen molar-refractivity contribution in [1.82, 2.24) is 4.90 Å². The number of nitrogens with zero attached hydrogens (tertiary/aromatic N) is 1. The van der Waals surface area contributed by atoms with Crippen LogP contribution in [0.5, 0.6) is 0 Å². The van der Waals surface area contributed by atoms with Gasteiger partial charge in [0.25, 0.3) is 5.91 Å². The van der Waals surface area contributed by atoms with E-state index in [0.29, 0.717) is 16.7 Å². The maximum atomic E-state index is 12.2. The van der Waals surface area contributed by atoms with Crippen LogP contribution in [-0.4, -0.2) is 30.8 Å². The number of rotatable bonds is 2. The average Bonchev–Trinajstić information content (AvgIpc) is 2.25. The topological polar surface area (TPSA) is 63.4 Å². The molecular formula is C14H20N2O2. The van der Waals surface area contributed by atoms with Crippen LogP contribution < -0.4 is 5.73 Å². The molecule has 98 valence electrons. The normalized spacial score (nSPS) is 10.3. The van der Waals surface area contributed by atoms with E-state index in [0.717, 1.165) is 16.7 Å². The largest absolute Gasteiger partial charge is 0.366 e. The van der Waals surface area contributed by atoms with Crippen LogP contribution in [0.2, 0.25) is 0 Å². The number of primary amides is 1. The Morgan fingerprint density at radius 3 is 1.67 bits per heavy atom. The van der Waals surface area contributed by atoms with Gasteiger partial charge in [-0.1, -0.05) is 0 Å². The summed E-state index contributed by atoms with van der Waals surface area (Å²) in [5, 5.41) is 0. The van der Waals surface area contributed by atoms with Crippen molar-refractivity contribution in [3.8, 4) is 0 Å². The summed E-state index contributed by atoms with van der Waals surface area (Å²) in [5.74, 6) is -0.587. The van der Waals surface area contributed by atoms with Gasteiger partial charge < -0.3 is 10.6 Å². The lowest BCUT2D eigenvalue weighted by atomic mass is 9.88.